The summed E-state index contributed by atoms with van der Waals surface area (Å²) in [5.74, 6) is -1.07. The maximum absolute atomic E-state index is 15.3. The van der Waals surface area contributed by atoms with Crippen molar-refractivity contribution in [1.82, 2.24) is 15.1 Å². The first kappa shape index (κ1) is 27.4. The first-order valence-corrected chi connectivity index (χ1v) is 13.9. The molecule has 7 nitrogen and oxygen atoms in total. The SMILES string of the molecule is CCCNC(=O)CN1C(=O)CS[C@@H](c2ccc(F)cc2F)c2c(-c3ccccc3)nn(-c3ccc(OC)cc3)c21. The number of thioether (sulfide) groups is 1. The molecule has 0 saturated heterocycles. The van der Waals surface area contributed by atoms with E-state index in [1.807, 2.05) is 37.3 Å². The van der Waals surface area contributed by atoms with Crippen LogP contribution in [0.5, 0.6) is 5.75 Å². The molecule has 2 heterocycles. The number of aromatic nitrogens is 2. The highest BCUT2D eigenvalue weighted by Gasteiger charge is 2.38. The lowest BCUT2D eigenvalue weighted by Crippen LogP contribution is -2.42. The zero-order chi connectivity index (χ0) is 28.2. The van der Waals surface area contributed by atoms with Gasteiger partial charge in [0.15, 0.2) is 0 Å². The molecule has 1 atom stereocenters. The normalized spacial score (nSPS) is 14.9. The van der Waals surface area contributed by atoms with E-state index in [1.165, 1.54) is 28.8 Å². The van der Waals surface area contributed by atoms with E-state index in [0.717, 1.165) is 18.1 Å². The van der Waals surface area contributed by atoms with Crippen LogP contribution in [0, 0.1) is 11.6 Å². The van der Waals surface area contributed by atoms with Crippen LogP contribution in [-0.2, 0) is 9.59 Å². The standard InChI is InChI=1S/C30H28F2N4O3S/c1-3-15-33-25(37)17-35-26(38)18-40-29(23-14-9-20(31)16-24(23)32)27-28(19-7-5-4-6-8-19)34-36(30(27)35)21-10-12-22(39-2)13-11-21/h4-14,16,29H,3,15,17-18H2,1-2H3,(H,33,37)/t29-/m0/s1. The molecule has 10 heteroatoms. The third-order valence-corrected chi connectivity index (χ3v) is 7.81. The van der Waals surface area contributed by atoms with Gasteiger partial charge in [-0.25, -0.2) is 13.5 Å². The van der Waals surface area contributed by atoms with E-state index < -0.39 is 16.9 Å². The number of nitrogens with zero attached hydrogens (tertiary/aromatic N) is 3. The molecule has 5 rings (SSSR count). The number of fused-ring (bicyclic) bond motifs is 1. The quantitative estimate of drug-likeness (QED) is 0.306. The van der Waals surface area contributed by atoms with E-state index in [2.05, 4.69) is 5.32 Å². The van der Waals surface area contributed by atoms with Crippen molar-refractivity contribution in [2.24, 2.45) is 0 Å². The van der Waals surface area contributed by atoms with Crippen molar-refractivity contribution < 1.29 is 23.1 Å². The Kier molecular flexibility index (Phi) is 8.16. The van der Waals surface area contributed by atoms with Crippen LogP contribution in [0.4, 0.5) is 14.6 Å². The van der Waals surface area contributed by atoms with Crippen molar-refractivity contribution >= 4 is 29.4 Å². The van der Waals surface area contributed by atoms with Gasteiger partial charge in [-0.1, -0.05) is 43.3 Å². The van der Waals surface area contributed by atoms with Crippen LogP contribution in [0.3, 0.4) is 0 Å². The van der Waals surface area contributed by atoms with Crippen LogP contribution in [-0.4, -0.2) is 47.5 Å². The Morgan fingerprint density at radius 1 is 1.10 bits per heavy atom. The Hall–Kier alpha value is -4.18. The van der Waals surface area contributed by atoms with Gasteiger partial charge in [0, 0.05) is 29.3 Å². The maximum atomic E-state index is 15.3. The number of rotatable bonds is 8. The average Bonchev–Trinajstić information content (AvgIpc) is 3.30. The van der Waals surface area contributed by atoms with Gasteiger partial charge in [-0.15, -0.1) is 11.8 Å². The van der Waals surface area contributed by atoms with Crippen LogP contribution in [0.1, 0.15) is 29.7 Å². The summed E-state index contributed by atoms with van der Waals surface area (Å²) in [6, 6.07) is 20.0. The van der Waals surface area contributed by atoms with Crippen LogP contribution in [0.25, 0.3) is 16.9 Å². The molecule has 0 saturated carbocycles. The van der Waals surface area contributed by atoms with E-state index in [1.54, 1.807) is 36.1 Å². The van der Waals surface area contributed by atoms with Crippen molar-refractivity contribution in [3.63, 3.8) is 0 Å². The average molecular weight is 563 g/mol. The van der Waals surface area contributed by atoms with Gasteiger partial charge in [0.1, 0.15) is 29.7 Å². The largest absolute Gasteiger partial charge is 0.497 e. The Morgan fingerprint density at radius 3 is 2.52 bits per heavy atom. The summed E-state index contributed by atoms with van der Waals surface area (Å²) < 4.78 is 36.1. The molecule has 206 valence electrons. The number of anilines is 1. The lowest BCUT2D eigenvalue weighted by Gasteiger charge is -2.23. The highest BCUT2D eigenvalue weighted by atomic mass is 32.2. The van der Waals surface area contributed by atoms with E-state index >= 15 is 4.39 Å². The van der Waals surface area contributed by atoms with Gasteiger partial charge in [-0.3, -0.25) is 14.5 Å². The second kappa shape index (κ2) is 11.9. The summed E-state index contributed by atoms with van der Waals surface area (Å²) in [7, 11) is 1.57. The van der Waals surface area contributed by atoms with Crippen molar-refractivity contribution in [3.8, 4) is 22.7 Å². The topological polar surface area (TPSA) is 76.5 Å². The van der Waals surface area contributed by atoms with Crippen LogP contribution >= 0.6 is 11.8 Å². The molecule has 0 aliphatic carbocycles. The highest BCUT2D eigenvalue weighted by molar-refractivity contribution is 8.00. The summed E-state index contributed by atoms with van der Waals surface area (Å²) >= 11 is 1.22. The monoisotopic (exact) mass is 562 g/mol. The predicted molar refractivity (Wildman–Crippen MR) is 152 cm³/mol. The number of benzene rings is 3. The number of ether oxygens (including phenoxy) is 1. The third kappa shape index (κ3) is 5.44. The van der Waals surface area contributed by atoms with Gasteiger partial charge in [0.05, 0.1) is 29.5 Å². The van der Waals surface area contributed by atoms with Gasteiger partial charge in [-0.2, -0.15) is 5.10 Å². The van der Waals surface area contributed by atoms with E-state index in [9.17, 15) is 14.0 Å². The fraction of sp³-hybridized carbons (Fsp3) is 0.233. The molecule has 0 fully saturated rings. The molecule has 2 amide bonds. The molecular weight excluding hydrogens is 534 g/mol. The van der Waals surface area contributed by atoms with Crippen molar-refractivity contribution in [1.29, 1.82) is 0 Å². The van der Waals surface area contributed by atoms with E-state index in [4.69, 9.17) is 9.84 Å². The number of carbonyl (C=O) groups is 2. The third-order valence-electron chi connectivity index (χ3n) is 6.57. The number of hydrogen-bond acceptors (Lipinski definition) is 5. The second-order valence-electron chi connectivity index (χ2n) is 9.25. The molecule has 40 heavy (non-hydrogen) atoms. The minimum absolute atomic E-state index is 0.0198. The molecular formula is C30H28F2N4O3S. The number of nitrogens with one attached hydrogen (secondary N) is 1. The molecule has 3 aromatic carbocycles. The fourth-order valence-electron chi connectivity index (χ4n) is 4.66. The number of amides is 2. The lowest BCUT2D eigenvalue weighted by atomic mass is 9.99. The molecule has 1 N–H and O–H groups in total. The van der Waals surface area contributed by atoms with E-state index in [-0.39, 0.29) is 29.7 Å². The molecule has 4 aromatic rings. The Morgan fingerprint density at radius 2 is 1.85 bits per heavy atom. The predicted octanol–water partition coefficient (Wildman–Crippen LogP) is 5.52. The van der Waals surface area contributed by atoms with Crippen LogP contribution in [0.15, 0.2) is 72.8 Å². The second-order valence-corrected chi connectivity index (χ2v) is 10.3. The Balaban J connectivity index is 1.79. The minimum Gasteiger partial charge on any atom is -0.497 e. The van der Waals surface area contributed by atoms with Crippen molar-refractivity contribution in [3.05, 3.63) is 95.6 Å². The molecule has 0 radical (unpaired) electrons. The number of hydrogen-bond donors (Lipinski definition) is 1. The Labute approximate surface area is 235 Å². The summed E-state index contributed by atoms with van der Waals surface area (Å²) in [5, 5.41) is 7.08. The van der Waals surface area contributed by atoms with E-state index in [0.29, 0.717) is 35.1 Å². The highest BCUT2D eigenvalue weighted by Crippen LogP contribution is 2.49. The summed E-state index contributed by atoms with van der Waals surface area (Å²) in [6.07, 6.45) is 0.745. The van der Waals surface area contributed by atoms with Gasteiger partial charge in [0.2, 0.25) is 11.8 Å². The minimum atomic E-state index is -0.721. The van der Waals surface area contributed by atoms with Gasteiger partial charge in [-0.05, 0) is 36.8 Å². The molecule has 1 aromatic heterocycles. The van der Waals surface area contributed by atoms with Gasteiger partial charge < -0.3 is 10.1 Å². The zero-order valence-corrected chi connectivity index (χ0v) is 22.9. The smallest absolute Gasteiger partial charge is 0.240 e. The number of carbonyl (C=O) groups excluding carboxylic acids is 2. The maximum Gasteiger partial charge on any atom is 0.240 e. The van der Waals surface area contributed by atoms with Crippen molar-refractivity contribution in [2.45, 2.75) is 18.6 Å². The van der Waals surface area contributed by atoms with Gasteiger partial charge in [0.25, 0.3) is 0 Å². The zero-order valence-electron chi connectivity index (χ0n) is 22.1. The fourth-order valence-corrected chi connectivity index (χ4v) is 5.87. The van der Waals surface area contributed by atoms with Gasteiger partial charge >= 0.3 is 0 Å². The molecule has 0 unspecified atom stereocenters. The molecule has 0 spiro atoms. The first-order chi connectivity index (χ1) is 19.4. The van der Waals surface area contributed by atoms with Crippen LogP contribution in [0.2, 0.25) is 0 Å². The van der Waals surface area contributed by atoms with Crippen LogP contribution < -0.4 is 15.0 Å². The summed E-state index contributed by atoms with van der Waals surface area (Å²) in [5.41, 5.74) is 2.69. The number of methoxy groups -OCH3 is 1. The molecule has 1 aliphatic heterocycles. The first-order valence-electron chi connectivity index (χ1n) is 12.9. The molecule has 1 aliphatic rings. The lowest BCUT2D eigenvalue weighted by molar-refractivity contribution is -0.122. The summed E-state index contributed by atoms with van der Waals surface area (Å²) in [4.78, 5) is 28.0. The molecule has 0 bridgehead atoms. The van der Waals surface area contributed by atoms with Crippen molar-refractivity contribution in [2.75, 3.05) is 30.9 Å². The number of halogens is 2. The summed E-state index contributed by atoms with van der Waals surface area (Å²) in [6.45, 7) is 2.18. The Bertz CT molecular complexity index is 1530.